The lowest BCUT2D eigenvalue weighted by Crippen LogP contribution is -2.32. The van der Waals surface area contributed by atoms with Gasteiger partial charge in [-0.3, -0.25) is 9.59 Å². The smallest absolute Gasteiger partial charge is 0.330 e. The number of esters is 4. The molecule has 2 aromatic rings. The zero-order chi connectivity index (χ0) is 41.5. The van der Waals surface area contributed by atoms with Crippen LogP contribution in [0.15, 0.2) is 86.0 Å². The number of carbonyl (C=O) groups excluding carboxylic acids is 4. The molecule has 0 N–H and O–H groups in total. The van der Waals surface area contributed by atoms with Gasteiger partial charge in [-0.25, -0.2) is 9.59 Å². The zero-order valence-corrected chi connectivity index (χ0v) is 34.1. The minimum Gasteiger partial charge on any atom is -0.490 e. The van der Waals surface area contributed by atoms with E-state index in [9.17, 15) is 19.2 Å². The quantitative estimate of drug-likeness (QED) is 0.0305. The highest BCUT2D eigenvalue weighted by Crippen LogP contribution is 2.29. The maximum atomic E-state index is 12.7. The number of benzene rings is 2. The normalized spacial score (nSPS) is 15.9. The molecule has 1 aliphatic carbocycles. The summed E-state index contributed by atoms with van der Waals surface area (Å²) in [6, 6.07) is 18.8. The molecule has 320 valence electrons. The maximum Gasteiger partial charge on any atom is 0.330 e. The summed E-state index contributed by atoms with van der Waals surface area (Å²) in [7, 11) is 0. The first-order valence-electron chi connectivity index (χ1n) is 20.8. The molecular formula is C46H64O12. The van der Waals surface area contributed by atoms with Crippen LogP contribution in [0.2, 0.25) is 0 Å². The van der Waals surface area contributed by atoms with Crippen LogP contribution in [-0.4, -0.2) is 88.9 Å². The van der Waals surface area contributed by atoms with Gasteiger partial charge in [0.1, 0.15) is 24.7 Å². The van der Waals surface area contributed by atoms with Gasteiger partial charge in [-0.1, -0.05) is 75.2 Å². The summed E-state index contributed by atoms with van der Waals surface area (Å²) in [6.07, 6.45) is 12.0. The molecule has 0 saturated heterocycles. The lowest BCUT2D eigenvalue weighted by atomic mass is 9.83. The minimum absolute atomic E-state index is 0.192. The lowest BCUT2D eigenvalue weighted by Gasteiger charge is -2.29. The van der Waals surface area contributed by atoms with E-state index in [4.69, 9.17) is 37.9 Å². The zero-order valence-electron chi connectivity index (χ0n) is 34.1. The first kappa shape index (κ1) is 47.7. The van der Waals surface area contributed by atoms with Crippen LogP contribution in [0.5, 0.6) is 11.5 Å². The summed E-state index contributed by atoms with van der Waals surface area (Å²) < 4.78 is 45.6. The number of ether oxygens (including phenoxy) is 8. The Labute approximate surface area is 344 Å². The molecule has 0 aliphatic heterocycles. The second-order valence-electron chi connectivity index (χ2n) is 14.5. The standard InChI is InChI=1S/C46H64O12/c1-3-43(47)53-29-17-7-5-15-23-45(49)57-41(35-55-39-19-11-9-12-20-39)33-51-31-37-25-27-38(28-26-37)32-52-34-42(36-56-40-21-13-10-14-22-40)58-46(50)24-16-6-8-18-30-54-44(48)4-2/h3-4,9-14,19-22,37-38,41-42H,1-2,5-8,15-18,23-36H2. The molecule has 12 nitrogen and oxygen atoms in total. The molecule has 58 heavy (non-hydrogen) atoms. The van der Waals surface area contributed by atoms with E-state index in [-0.39, 0.29) is 38.4 Å². The van der Waals surface area contributed by atoms with Crippen molar-refractivity contribution in [2.45, 2.75) is 102 Å². The molecule has 2 atom stereocenters. The van der Waals surface area contributed by atoms with Crippen molar-refractivity contribution in [3.63, 3.8) is 0 Å². The van der Waals surface area contributed by atoms with Crippen molar-refractivity contribution in [3.05, 3.63) is 86.0 Å². The second kappa shape index (κ2) is 30.4. The third-order valence-electron chi connectivity index (χ3n) is 9.61. The fourth-order valence-corrected chi connectivity index (χ4v) is 6.34. The number of hydrogen-bond acceptors (Lipinski definition) is 12. The molecule has 2 aromatic carbocycles. The van der Waals surface area contributed by atoms with Gasteiger partial charge in [-0.2, -0.15) is 0 Å². The van der Waals surface area contributed by atoms with E-state index in [1.165, 1.54) is 0 Å². The van der Waals surface area contributed by atoms with Crippen molar-refractivity contribution in [3.8, 4) is 11.5 Å². The predicted molar refractivity (Wildman–Crippen MR) is 219 cm³/mol. The van der Waals surface area contributed by atoms with E-state index in [0.717, 1.165) is 76.4 Å². The Kier molecular flexibility index (Phi) is 25.0. The average molecular weight is 809 g/mol. The molecule has 0 radical (unpaired) electrons. The summed E-state index contributed by atoms with van der Waals surface area (Å²) in [5.41, 5.74) is 0. The van der Waals surface area contributed by atoms with Crippen LogP contribution in [0, 0.1) is 11.8 Å². The third kappa shape index (κ3) is 22.9. The van der Waals surface area contributed by atoms with Crippen LogP contribution in [0.1, 0.15) is 89.9 Å². The van der Waals surface area contributed by atoms with E-state index < -0.39 is 24.1 Å². The van der Waals surface area contributed by atoms with Crippen molar-refractivity contribution in [2.75, 3.05) is 52.9 Å². The molecule has 0 spiro atoms. The van der Waals surface area contributed by atoms with Crippen LogP contribution < -0.4 is 9.47 Å². The summed E-state index contributed by atoms with van der Waals surface area (Å²) in [5.74, 6) is 0.752. The highest BCUT2D eigenvalue weighted by Gasteiger charge is 2.24. The van der Waals surface area contributed by atoms with E-state index in [0.29, 0.717) is 75.4 Å². The monoisotopic (exact) mass is 808 g/mol. The molecule has 0 heterocycles. The molecule has 1 aliphatic rings. The van der Waals surface area contributed by atoms with E-state index >= 15 is 0 Å². The molecule has 0 amide bonds. The Morgan fingerprint density at radius 2 is 0.914 bits per heavy atom. The van der Waals surface area contributed by atoms with Crippen molar-refractivity contribution in [2.24, 2.45) is 11.8 Å². The number of carbonyl (C=O) groups is 4. The van der Waals surface area contributed by atoms with Crippen LogP contribution in [-0.2, 0) is 47.6 Å². The van der Waals surface area contributed by atoms with Crippen LogP contribution in [0.4, 0.5) is 0 Å². The Hall–Kier alpha value is -4.68. The molecular weight excluding hydrogens is 744 g/mol. The van der Waals surface area contributed by atoms with Crippen LogP contribution in [0.25, 0.3) is 0 Å². The largest absolute Gasteiger partial charge is 0.490 e. The Morgan fingerprint density at radius 3 is 1.29 bits per heavy atom. The van der Waals surface area contributed by atoms with Crippen LogP contribution in [0.3, 0.4) is 0 Å². The van der Waals surface area contributed by atoms with E-state index in [2.05, 4.69) is 13.2 Å². The van der Waals surface area contributed by atoms with Crippen molar-refractivity contribution < 1.29 is 57.1 Å². The maximum absolute atomic E-state index is 12.7. The minimum atomic E-state index is -0.538. The first-order valence-corrected chi connectivity index (χ1v) is 20.8. The highest BCUT2D eigenvalue weighted by molar-refractivity contribution is 5.81. The van der Waals surface area contributed by atoms with Crippen molar-refractivity contribution >= 4 is 23.9 Å². The summed E-state index contributed by atoms with van der Waals surface area (Å²) in [6.45, 7) is 9.47. The van der Waals surface area contributed by atoms with Gasteiger partial charge in [-0.15, -0.1) is 0 Å². The Bertz CT molecular complexity index is 1330. The third-order valence-corrected chi connectivity index (χ3v) is 9.61. The molecule has 3 rings (SSSR count). The van der Waals surface area contributed by atoms with Gasteiger partial charge in [0.05, 0.1) is 26.4 Å². The predicted octanol–water partition coefficient (Wildman–Crippen LogP) is 8.17. The number of hydrogen-bond donors (Lipinski definition) is 0. The summed E-state index contributed by atoms with van der Waals surface area (Å²) in [4.78, 5) is 47.7. The molecule has 12 heteroatoms. The van der Waals surface area contributed by atoms with Gasteiger partial charge < -0.3 is 37.9 Å². The number of rotatable bonds is 32. The lowest BCUT2D eigenvalue weighted by molar-refractivity contribution is -0.155. The number of para-hydroxylation sites is 2. The topological polar surface area (TPSA) is 142 Å². The van der Waals surface area contributed by atoms with E-state index in [1.54, 1.807) is 0 Å². The summed E-state index contributed by atoms with van der Waals surface area (Å²) in [5, 5.41) is 0. The molecule has 1 fully saturated rings. The molecule has 2 unspecified atom stereocenters. The molecule has 1 saturated carbocycles. The van der Waals surface area contributed by atoms with Gasteiger partial charge in [-0.05, 0) is 87.5 Å². The van der Waals surface area contributed by atoms with Crippen LogP contribution >= 0.6 is 0 Å². The van der Waals surface area contributed by atoms with Gasteiger partial charge in [0.2, 0.25) is 0 Å². The average Bonchev–Trinajstić information content (AvgIpc) is 3.24. The molecule has 0 aromatic heterocycles. The SMILES string of the molecule is C=CC(=O)OCCCCCCC(=O)OC(COCC1CCC(COCC(COc2ccccc2)OC(=O)CCCCCCOC(=O)C=C)CC1)COc1ccccc1. The van der Waals surface area contributed by atoms with Gasteiger partial charge in [0, 0.05) is 38.2 Å². The summed E-state index contributed by atoms with van der Waals surface area (Å²) >= 11 is 0. The number of unbranched alkanes of at least 4 members (excludes halogenated alkanes) is 6. The van der Waals surface area contributed by atoms with Gasteiger partial charge in [0.25, 0.3) is 0 Å². The van der Waals surface area contributed by atoms with Crippen molar-refractivity contribution in [1.82, 2.24) is 0 Å². The molecule has 0 bridgehead atoms. The van der Waals surface area contributed by atoms with Gasteiger partial charge >= 0.3 is 23.9 Å². The fourth-order valence-electron chi connectivity index (χ4n) is 6.34. The fraction of sp³-hybridized carbons (Fsp3) is 0.565. The second-order valence-corrected chi connectivity index (χ2v) is 14.5. The Balaban J connectivity index is 1.34. The Morgan fingerprint density at radius 1 is 0.534 bits per heavy atom. The van der Waals surface area contributed by atoms with E-state index in [1.807, 2.05) is 60.7 Å². The highest BCUT2D eigenvalue weighted by atomic mass is 16.6. The van der Waals surface area contributed by atoms with Crippen molar-refractivity contribution in [1.29, 1.82) is 0 Å². The van der Waals surface area contributed by atoms with Gasteiger partial charge in [0.15, 0.2) is 12.2 Å². The first-order chi connectivity index (χ1) is 28.3.